The zero-order valence-electron chi connectivity index (χ0n) is 11.5. The Morgan fingerprint density at radius 2 is 2.19 bits per heavy atom. The fourth-order valence-electron chi connectivity index (χ4n) is 2.42. The number of halogens is 1. The normalized spacial score (nSPS) is 10.7. The highest BCUT2D eigenvalue weighted by Crippen LogP contribution is 2.24. The van der Waals surface area contributed by atoms with E-state index < -0.39 is 0 Å². The number of nitrogens with zero attached hydrogens (tertiary/aromatic N) is 4. The molecular weight excluding hydrogens is 284 g/mol. The largest absolute Gasteiger partial charge is 0.296 e. The van der Waals surface area contributed by atoms with Gasteiger partial charge in [0.1, 0.15) is 11.3 Å². The van der Waals surface area contributed by atoms with Gasteiger partial charge in [-0.1, -0.05) is 6.07 Å². The molecule has 0 spiro atoms. The highest BCUT2D eigenvalue weighted by Gasteiger charge is 2.14. The first kappa shape index (κ1) is 13.6. The molecule has 0 aliphatic rings. The highest BCUT2D eigenvalue weighted by molar-refractivity contribution is 6.17. The first-order valence-corrected chi connectivity index (χ1v) is 7.16. The summed E-state index contributed by atoms with van der Waals surface area (Å²) < 4.78 is 2.07. The Balaban J connectivity index is 2.33. The molecule has 5 heteroatoms. The molecule has 1 aromatic carbocycles. The van der Waals surface area contributed by atoms with Crippen LogP contribution in [0.5, 0.6) is 0 Å². The minimum Gasteiger partial charge on any atom is -0.296 e. The molecule has 104 valence electrons. The van der Waals surface area contributed by atoms with Crippen LogP contribution in [0.3, 0.4) is 0 Å². The van der Waals surface area contributed by atoms with Crippen LogP contribution in [0.25, 0.3) is 16.7 Å². The minimum absolute atomic E-state index is 0.494. The molecule has 0 saturated heterocycles. The number of aryl methyl sites for hydroxylation is 2. The SMILES string of the molecule is Cc1ccc(C#N)cc1-n1c(CCCl)nc2cnccc21. The van der Waals surface area contributed by atoms with Gasteiger partial charge in [0.05, 0.1) is 29.0 Å². The Bertz CT molecular complexity index is 845. The molecule has 0 aliphatic heterocycles. The van der Waals surface area contributed by atoms with Crippen molar-refractivity contribution in [3.05, 3.63) is 53.6 Å². The van der Waals surface area contributed by atoms with Crippen molar-refractivity contribution in [2.75, 3.05) is 5.88 Å². The molecule has 3 aromatic rings. The smallest absolute Gasteiger partial charge is 0.115 e. The summed E-state index contributed by atoms with van der Waals surface area (Å²) in [5.74, 6) is 1.37. The van der Waals surface area contributed by atoms with Crippen molar-refractivity contribution in [2.45, 2.75) is 13.3 Å². The van der Waals surface area contributed by atoms with Crippen LogP contribution < -0.4 is 0 Å². The third-order valence-corrected chi connectivity index (χ3v) is 3.61. The molecular formula is C16H13ClN4. The lowest BCUT2D eigenvalue weighted by Gasteiger charge is -2.12. The van der Waals surface area contributed by atoms with Gasteiger partial charge in [-0.25, -0.2) is 4.98 Å². The second-order valence-corrected chi connectivity index (χ2v) is 5.16. The predicted molar refractivity (Wildman–Crippen MR) is 82.7 cm³/mol. The van der Waals surface area contributed by atoms with E-state index >= 15 is 0 Å². The van der Waals surface area contributed by atoms with E-state index in [2.05, 4.69) is 20.6 Å². The van der Waals surface area contributed by atoms with Crippen molar-refractivity contribution in [3.63, 3.8) is 0 Å². The van der Waals surface area contributed by atoms with Crippen molar-refractivity contribution < 1.29 is 0 Å². The molecule has 3 rings (SSSR count). The van der Waals surface area contributed by atoms with E-state index in [1.165, 1.54) is 0 Å². The van der Waals surface area contributed by atoms with Crippen LogP contribution in [0.4, 0.5) is 0 Å². The van der Waals surface area contributed by atoms with Crippen molar-refractivity contribution in [1.82, 2.24) is 14.5 Å². The van der Waals surface area contributed by atoms with Crippen LogP contribution in [0.2, 0.25) is 0 Å². The average Bonchev–Trinajstić information content (AvgIpc) is 2.86. The van der Waals surface area contributed by atoms with E-state index in [4.69, 9.17) is 16.9 Å². The Labute approximate surface area is 127 Å². The fourth-order valence-corrected chi connectivity index (χ4v) is 2.59. The van der Waals surface area contributed by atoms with Crippen LogP contribution in [0.1, 0.15) is 17.0 Å². The summed E-state index contributed by atoms with van der Waals surface area (Å²) in [4.78, 5) is 8.72. The standard InChI is InChI=1S/C16H13ClN4/c1-11-2-3-12(9-18)8-15(11)21-14-5-7-19-10-13(14)20-16(21)4-6-17/h2-3,5,7-8,10H,4,6H2,1H3. The lowest BCUT2D eigenvalue weighted by Crippen LogP contribution is -2.04. The second kappa shape index (κ2) is 5.55. The molecule has 2 aromatic heterocycles. The molecule has 0 atom stereocenters. The van der Waals surface area contributed by atoms with Gasteiger partial charge in [-0.3, -0.25) is 9.55 Å². The molecule has 0 aliphatic carbocycles. The van der Waals surface area contributed by atoms with Crippen LogP contribution in [-0.4, -0.2) is 20.4 Å². The molecule has 4 nitrogen and oxygen atoms in total. The topological polar surface area (TPSA) is 54.5 Å². The zero-order valence-corrected chi connectivity index (χ0v) is 12.3. The Morgan fingerprint density at radius 3 is 2.95 bits per heavy atom. The van der Waals surface area contributed by atoms with Gasteiger partial charge >= 0.3 is 0 Å². The number of rotatable bonds is 3. The number of nitriles is 1. The third kappa shape index (κ3) is 2.37. The molecule has 0 saturated carbocycles. The summed E-state index contributed by atoms with van der Waals surface area (Å²) in [5.41, 5.74) is 4.48. The fraction of sp³-hybridized carbons (Fsp3) is 0.188. The number of alkyl halides is 1. The number of aromatic nitrogens is 3. The molecule has 0 amide bonds. The van der Waals surface area contributed by atoms with Crippen molar-refractivity contribution in [1.29, 1.82) is 5.26 Å². The van der Waals surface area contributed by atoms with Gasteiger partial charge in [0, 0.05) is 18.5 Å². The number of hydrogen-bond donors (Lipinski definition) is 0. The number of hydrogen-bond acceptors (Lipinski definition) is 3. The van der Waals surface area contributed by atoms with Crippen molar-refractivity contribution >= 4 is 22.6 Å². The first-order chi connectivity index (χ1) is 10.2. The molecule has 2 heterocycles. The Morgan fingerprint density at radius 1 is 1.33 bits per heavy atom. The van der Waals surface area contributed by atoms with E-state index in [0.717, 1.165) is 28.1 Å². The Hall–Kier alpha value is -2.38. The number of fused-ring (bicyclic) bond motifs is 1. The van der Waals surface area contributed by atoms with Gasteiger partial charge in [-0.2, -0.15) is 5.26 Å². The highest BCUT2D eigenvalue weighted by atomic mass is 35.5. The maximum atomic E-state index is 9.13. The van der Waals surface area contributed by atoms with Gasteiger partial charge in [0.2, 0.25) is 0 Å². The monoisotopic (exact) mass is 296 g/mol. The lowest BCUT2D eigenvalue weighted by atomic mass is 10.1. The van der Waals surface area contributed by atoms with E-state index in [1.807, 2.05) is 31.2 Å². The molecule has 0 bridgehead atoms. The average molecular weight is 297 g/mol. The van der Waals surface area contributed by atoms with Gasteiger partial charge in [-0.05, 0) is 30.7 Å². The summed E-state index contributed by atoms with van der Waals surface area (Å²) in [6.45, 7) is 2.02. The summed E-state index contributed by atoms with van der Waals surface area (Å²) in [6, 6.07) is 9.77. The molecule has 21 heavy (non-hydrogen) atoms. The summed E-state index contributed by atoms with van der Waals surface area (Å²) >= 11 is 5.90. The minimum atomic E-state index is 0.494. The molecule has 0 radical (unpaired) electrons. The summed E-state index contributed by atoms with van der Waals surface area (Å²) in [7, 11) is 0. The first-order valence-electron chi connectivity index (χ1n) is 6.63. The zero-order chi connectivity index (χ0) is 14.8. The number of pyridine rings is 1. The molecule has 0 fully saturated rings. The second-order valence-electron chi connectivity index (χ2n) is 4.78. The molecule has 0 N–H and O–H groups in total. The number of imidazole rings is 1. The van der Waals surface area contributed by atoms with Crippen molar-refractivity contribution in [2.24, 2.45) is 0 Å². The van der Waals surface area contributed by atoms with Gasteiger partial charge < -0.3 is 0 Å². The van der Waals surface area contributed by atoms with Crippen LogP contribution in [0.15, 0.2) is 36.7 Å². The quantitative estimate of drug-likeness (QED) is 0.696. The van der Waals surface area contributed by atoms with Crippen LogP contribution in [-0.2, 0) is 6.42 Å². The van der Waals surface area contributed by atoms with Gasteiger partial charge in [0.15, 0.2) is 0 Å². The van der Waals surface area contributed by atoms with Gasteiger partial charge in [0.25, 0.3) is 0 Å². The number of benzene rings is 1. The summed E-state index contributed by atoms with van der Waals surface area (Å²) in [5, 5.41) is 9.13. The Kier molecular flexibility index (Phi) is 3.59. The maximum absolute atomic E-state index is 9.13. The van der Waals surface area contributed by atoms with E-state index in [-0.39, 0.29) is 0 Å². The van der Waals surface area contributed by atoms with E-state index in [0.29, 0.717) is 17.9 Å². The van der Waals surface area contributed by atoms with E-state index in [9.17, 15) is 0 Å². The summed E-state index contributed by atoms with van der Waals surface area (Å²) in [6.07, 6.45) is 4.15. The molecule has 0 unspecified atom stereocenters. The van der Waals surface area contributed by atoms with Crippen LogP contribution >= 0.6 is 11.6 Å². The third-order valence-electron chi connectivity index (χ3n) is 3.42. The van der Waals surface area contributed by atoms with Gasteiger partial charge in [-0.15, -0.1) is 11.6 Å². The van der Waals surface area contributed by atoms with Crippen molar-refractivity contribution in [3.8, 4) is 11.8 Å². The maximum Gasteiger partial charge on any atom is 0.115 e. The van der Waals surface area contributed by atoms with Crippen LogP contribution in [0, 0.1) is 18.3 Å². The van der Waals surface area contributed by atoms with E-state index in [1.54, 1.807) is 12.4 Å². The predicted octanol–water partition coefficient (Wildman–Crippen LogP) is 3.38. The lowest BCUT2D eigenvalue weighted by molar-refractivity contribution is 0.906.